The van der Waals surface area contributed by atoms with Crippen molar-refractivity contribution in [2.75, 3.05) is 0 Å². The zero-order valence-corrected chi connectivity index (χ0v) is 15.1. The smallest absolute Gasteiger partial charge is 0.159 e. The van der Waals surface area contributed by atoms with Crippen LogP contribution in [0.25, 0.3) is 0 Å². The lowest BCUT2D eigenvalue weighted by Gasteiger charge is -2.39. The Morgan fingerprint density at radius 2 is 2.04 bits per heavy atom. The summed E-state index contributed by atoms with van der Waals surface area (Å²) in [6.07, 6.45) is 5.79. The van der Waals surface area contributed by atoms with Gasteiger partial charge in [-0.15, -0.1) is 0 Å². The highest BCUT2D eigenvalue weighted by Gasteiger charge is 2.52. The summed E-state index contributed by atoms with van der Waals surface area (Å²) in [4.78, 5) is 12.6. The maximum atomic E-state index is 12.6. The SMILES string of the molecule is CC1=CCC2C(=C(C)C)C(=O)CC2(C)CC(O)C2(C)CCC1O2. The average Bonchev–Trinajstić information content (AvgIpc) is 2.95. The molecule has 3 rings (SSSR count). The first-order valence-electron chi connectivity index (χ1n) is 8.89. The fraction of sp³-hybridized carbons (Fsp3) is 0.750. The molecule has 3 aliphatic rings. The van der Waals surface area contributed by atoms with E-state index in [-0.39, 0.29) is 23.2 Å². The van der Waals surface area contributed by atoms with Crippen molar-refractivity contribution >= 4 is 5.78 Å². The van der Waals surface area contributed by atoms with E-state index in [1.807, 2.05) is 20.8 Å². The first kappa shape index (κ1) is 16.9. The van der Waals surface area contributed by atoms with Gasteiger partial charge in [0.25, 0.3) is 0 Å². The number of allylic oxidation sites excluding steroid dienone is 3. The Morgan fingerprint density at radius 3 is 2.70 bits per heavy atom. The van der Waals surface area contributed by atoms with E-state index in [1.54, 1.807) is 0 Å². The number of aliphatic hydroxyl groups excluding tert-OH is 1. The lowest BCUT2D eigenvalue weighted by molar-refractivity contribution is -0.119. The van der Waals surface area contributed by atoms with E-state index in [0.717, 1.165) is 30.4 Å². The summed E-state index contributed by atoms with van der Waals surface area (Å²) in [6, 6.07) is 0. The van der Waals surface area contributed by atoms with Gasteiger partial charge in [0.15, 0.2) is 5.78 Å². The summed E-state index contributed by atoms with van der Waals surface area (Å²) in [6.45, 7) is 10.4. The summed E-state index contributed by atoms with van der Waals surface area (Å²) < 4.78 is 6.23. The Morgan fingerprint density at radius 1 is 1.35 bits per heavy atom. The highest BCUT2D eigenvalue weighted by atomic mass is 16.5. The van der Waals surface area contributed by atoms with Crippen molar-refractivity contribution in [3.63, 3.8) is 0 Å². The Labute approximate surface area is 139 Å². The van der Waals surface area contributed by atoms with Gasteiger partial charge in [-0.05, 0) is 75.9 Å². The molecule has 3 heteroatoms. The topological polar surface area (TPSA) is 46.5 Å². The molecule has 2 bridgehead atoms. The van der Waals surface area contributed by atoms with Crippen molar-refractivity contribution in [3.05, 3.63) is 22.8 Å². The predicted molar refractivity (Wildman–Crippen MR) is 91.1 cm³/mol. The largest absolute Gasteiger partial charge is 0.390 e. The van der Waals surface area contributed by atoms with Crippen LogP contribution in [-0.4, -0.2) is 28.7 Å². The molecular formula is C20H30O3. The van der Waals surface area contributed by atoms with Crippen LogP contribution in [0, 0.1) is 11.3 Å². The summed E-state index contributed by atoms with van der Waals surface area (Å²) in [5.41, 5.74) is 2.72. The number of fused-ring (bicyclic) bond motifs is 3. The average molecular weight is 318 g/mol. The molecule has 1 saturated heterocycles. The number of carbonyl (C=O) groups is 1. The summed E-state index contributed by atoms with van der Waals surface area (Å²) in [7, 11) is 0. The molecule has 0 aromatic rings. The minimum absolute atomic E-state index is 0.117. The van der Waals surface area contributed by atoms with Gasteiger partial charge < -0.3 is 9.84 Å². The van der Waals surface area contributed by atoms with Crippen LogP contribution in [0.15, 0.2) is 22.8 Å². The number of Topliss-reactive ketones (excluding diaryl/α,β-unsaturated/α-hetero) is 1. The van der Waals surface area contributed by atoms with Crippen LogP contribution >= 0.6 is 0 Å². The molecule has 1 aliphatic carbocycles. The van der Waals surface area contributed by atoms with Crippen LogP contribution < -0.4 is 0 Å². The third-order valence-corrected chi connectivity index (χ3v) is 6.46. The molecule has 1 saturated carbocycles. The van der Waals surface area contributed by atoms with Gasteiger partial charge in [-0.1, -0.05) is 18.6 Å². The Bertz CT molecular complexity index is 584. The van der Waals surface area contributed by atoms with Gasteiger partial charge in [-0.25, -0.2) is 0 Å². The first-order valence-corrected chi connectivity index (χ1v) is 8.89. The molecule has 0 aromatic heterocycles. The quantitative estimate of drug-likeness (QED) is 0.543. The van der Waals surface area contributed by atoms with Crippen LogP contribution in [0.1, 0.15) is 66.7 Å². The maximum absolute atomic E-state index is 12.6. The molecule has 0 amide bonds. The number of hydrogen-bond acceptors (Lipinski definition) is 3. The fourth-order valence-corrected chi connectivity index (χ4v) is 4.89. The van der Waals surface area contributed by atoms with Gasteiger partial charge >= 0.3 is 0 Å². The fourth-order valence-electron chi connectivity index (χ4n) is 4.89. The standard InChI is InChI=1S/C20H30O3/c1-12(2)18-14-7-6-13(3)16-8-9-20(5,23-16)17(22)11-19(14,4)10-15(18)21/h6,14,16-17,22H,7-11H2,1-5H3. The number of ether oxygens (including phenoxy) is 1. The Kier molecular flexibility index (Phi) is 4.09. The lowest BCUT2D eigenvalue weighted by Crippen LogP contribution is -2.44. The molecule has 0 spiro atoms. The summed E-state index contributed by atoms with van der Waals surface area (Å²) >= 11 is 0. The highest BCUT2D eigenvalue weighted by Crippen LogP contribution is 2.53. The number of ketones is 1. The van der Waals surface area contributed by atoms with Crippen molar-refractivity contribution < 1.29 is 14.6 Å². The molecule has 2 aliphatic heterocycles. The Balaban J connectivity index is 2.05. The van der Waals surface area contributed by atoms with Crippen LogP contribution in [0.4, 0.5) is 0 Å². The summed E-state index contributed by atoms with van der Waals surface area (Å²) in [5.74, 6) is 0.483. The zero-order valence-electron chi connectivity index (χ0n) is 15.1. The second kappa shape index (κ2) is 5.56. The minimum atomic E-state index is -0.518. The summed E-state index contributed by atoms with van der Waals surface area (Å²) in [5, 5.41) is 10.9. The Hall–Kier alpha value is -0.930. The van der Waals surface area contributed by atoms with E-state index < -0.39 is 11.7 Å². The minimum Gasteiger partial charge on any atom is -0.390 e. The third-order valence-electron chi connectivity index (χ3n) is 6.46. The normalized spacial score (nSPS) is 44.1. The number of carbonyl (C=O) groups excluding carboxylic acids is 1. The van der Waals surface area contributed by atoms with Gasteiger partial charge in [-0.3, -0.25) is 4.79 Å². The van der Waals surface area contributed by atoms with E-state index >= 15 is 0 Å². The molecule has 23 heavy (non-hydrogen) atoms. The molecule has 5 unspecified atom stereocenters. The van der Waals surface area contributed by atoms with E-state index in [1.165, 1.54) is 5.57 Å². The monoisotopic (exact) mass is 318 g/mol. The van der Waals surface area contributed by atoms with Crippen molar-refractivity contribution in [2.24, 2.45) is 11.3 Å². The van der Waals surface area contributed by atoms with Crippen LogP contribution in [0.5, 0.6) is 0 Å². The van der Waals surface area contributed by atoms with Crippen molar-refractivity contribution in [1.82, 2.24) is 0 Å². The molecule has 128 valence electrons. The van der Waals surface area contributed by atoms with Gasteiger partial charge in [0, 0.05) is 6.42 Å². The number of rotatable bonds is 0. The van der Waals surface area contributed by atoms with Crippen molar-refractivity contribution in [3.8, 4) is 0 Å². The molecule has 1 N–H and O–H groups in total. The molecule has 5 atom stereocenters. The first-order chi connectivity index (χ1) is 10.7. The maximum Gasteiger partial charge on any atom is 0.159 e. The van der Waals surface area contributed by atoms with Crippen LogP contribution in [-0.2, 0) is 9.53 Å². The second-order valence-corrected chi connectivity index (χ2v) is 8.58. The lowest BCUT2D eigenvalue weighted by atomic mass is 9.70. The molecule has 0 aromatic carbocycles. The van der Waals surface area contributed by atoms with Crippen molar-refractivity contribution in [2.45, 2.75) is 84.5 Å². The van der Waals surface area contributed by atoms with Gasteiger partial charge in [0.05, 0.1) is 17.8 Å². The van der Waals surface area contributed by atoms with Gasteiger partial charge in [0.1, 0.15) is 0 Å². The van der Waals surface area contributed by atoms with Crippen LogP contribution in [0.3, 0.4) is 0 Å². The number of hydrogen-bond donors (Lipinski definition) is 1. The van der Waals surface area contributed by atoms with Gasteiger partial charge in [-0.2, -0.15) is 0 Å². The van der Waals surface area contributed by atoms with E-state index in [2.05, 4.69) is 19.9 Å². The molecule has 2 fully saturated rings. The number of aliphatic hydroxyl groups is 1. The van der Waals surface area contributed by atoms with E-state index in [4.69, 9.17) is 4.74 Å². The molecular weight excluding hydrogens is 288 g/mol. The third kappa shape index (κ3) is 2.72. The predicted octanol–water partition coefficient (Wildman–Crippen LogP) is 3.96. The highest BCUT2D eigenvalue weighted by molar-refractivity contribution is 5.99. The second-order valence-electron chi connectivity index (χ2n) is 8.58. The molecule has 2 heterocycles. The van der Waals surface area contributed by atoms with Crippen LogP contribution in [0.2, 0.25) is 0 Å². The van der Waals surface area contributed by atoms with Gasteiger partial charge in [0.2, 0.25) is 0 Å². The van der Waals surface area contributed by atoms with Crippen molar-refractivity contribution in [1.29, 1.82) is 0 Å². The van der Waals surface area contributed by atoms with E-state index in [0.29, 0.717) is 12.8 Å². The zero-order chi connectivity index (χ0) is 17.0. The molecule has 3 nitrogen and oxygen atoms in total. The van der Waals surface area contributed by atoms with E-state index in [9.17, 15) is 9.90 Å². The molecule has 0 radical (unpaired) electrons.